The van der Waals surface area contributed by atoms with Gasteiger partial charge < -0.3 is 10.1 Å². The highest BCUT2D eigenvalue weighted by Crippen LogP contribution is 2.12. The number of hydrogen-bond acceptors (Lipinski definition) is 3. The number of nitrogens with zero attached hydrogens (tertiary/aromatic N) is 2. The summed E-state index contributed by atoms with van der Waals surface area (Å²) < 4.78 is 7.65. The van der Waals surface area contributed by atoms with Crippen molar-refractivity contribution in [2.45, 2.75) is 40.0 Å². The summed E-state index contributed by atoms with van der Waals surface area (Å²) in [5.74, 6) is 0.829. The minimum Gasteiger partial charge on any atom is -0.486 e. The molecule has 0 aliphatic carbocycles. The third-order valence-electron chi connectivity index (χ3n) is 3.07. The van der Waals surface area contributed by atoms with Crippen molar-refractivity contribution in [1.29, 1.82) is 0 Å². The van der Waals surface area contributed by atoms with Gasteiger partial charge in [-0.15, -0.1) is 0 Å². The Balaban J connectivity index is 1.83. The molecule has 108 valence electrons. The maximum absolute atomic E-state index is 5.74. The average Bonchev–Trinajstić information content (AvgIpc) is 2.92. The SMILES string of the molecule is CCCn1cc(OCc2ccc(CNCC)cc2)cn1. The van der Waals surface area contributed by atoms with E-state index in [1.54, 1.807) is 6.20 Å². The van der Waals surface area contributed by atoms with Crippen molar-refractivity contribution >= 4 is 0 Å². The number of benzene rings is 1. The zero-order chi connectivity index (χ0) is 14.2. The number of nitrogens with one attached hydrogen (secondary N) is 1. The van der Waals surface area contributed by atoms with Gasteiger partial charge in [0.2, 0.25) is 0 Å². The molecule has 2 rings (SSSR count). The molecule has 4 nitrogen and oxygen atoms in total. The smallest absolute Gasteiger partial charge is 0.157 e. The van der Waals surface area contributed by atoms with Crippen molar-refractivity contribution in [3.8, 4) is 5.75 Å². The van der Waals surface area contributed by atoms with Crippen molar-refractivity contribution in [3.63, 3.8) is 0 Å². The third kappa shape index (κ3) is 4.38. The topological polar surface area (TPSA) is 39.1 Å². The van der Waals surface area contributed by atoms with Crippen LogP contribution in [0.3, 0.4) is 0 Å². The molecule has 2 aromatic rings. The molecule has 1 N–H and O–H groups in total. The monoisotopic (exact) mass is 273 g/mol. The van der Waals surface area contributed by atoms with Crippen LogP contribution in [0.2, 0.25) is 0 Å². The summed E-state index contributed by atoms with van der Waals surface area (Å²) in [5.41, 5.74) is 2.47. The molecule has 0 unspecified atom stereocenters. The molecule has 1 aromatic carbocycles. The minimum absolute atomic E-state index is 0.583. The predicted octanol–water partition coefficient (Wildman–Crippen LogP) is 2.98. The molecule has 0 aliphatic rings. The summed E-state index contributed by atoms with van der Waals surface area (Å²) in [6, 6.07) is 8.51. The molecule has 0 saturated heterocycles. The van der Waals surface area contributed by atoms with Crippen LogP contribution in [0, 0.1) is 0 Å². The van der Waals surface area contributed by atoms with Crippen LogP contribution in [-0.2, 0) is 19.7 Å². The van der Waals surface area contributed by atoms with E-state index in [0.717, 1.165) is 31.8 Å². The molecule has 1 heterocycles. The Bertz CT molecular complexity index is 505. The second-order valence-electron chi connectivity index (χ2n) is 4.82. The Morgan fingerprint density at radius 3 is 2.60 bits per heavy atom. The Labute approximate surface area is 120 Å². The number of ether oxygens (including phenoxy) is 1. The summed E-state index contributed by atoms with van der Waals surface area (Å²) in [5, 5.41) is 7.56. The second-order valence-corrected chi connectivity index (χ2v) is 4.82. The molecular formula is C16H23N3O. The predicted molar refractivity (Wildman–Crippen MR) is 80.7 cm³/mol. The number of rotatable bonds is 8. The van der Waals surface area contributed by atoms with Gasteiger partial charge in [0.05, 0.1) is 12.4 Å². The quantitative estimate of drug-likeness (QED) is 0.803. The van der Waals surface area contributed by atoms with Gasteiger partial charge in [0.25, 0.3) is 0 Å². The van der Waals surface area contributed by atoms with Gasteiger partial charge in [0, 0.05) is 13.1 Å². The molecule has 1 aromatic heterocycles. The first-order chi connectivity index (χ1) is 9.81. The number of aromatic nitrogens is 2. The number of aryl methyl sites for hydroxylation is 1. The largest absolute Gasteiger partial charge is 0.486 e. The fourth-order valence-electron chi connectivity index (χ4n) is 1.96. The molecule has 0 fully saturated rings. The Morgan fingerprint density at radius 2 is 1.90 bits per heavy atom. The van der Waals surface area contributed by atoms with Gasteiger partial charge in [0.15, 0.2) is 5.75 Å². The molecular weight excluding hydrogens is 250 g/mol. The van der Waals surface area contributed by atoms with Gasteiger partial charge in [-0.25, -0.2) is 0 Å². The maximum atomic E-state index is 5.74. The summed E-state index contributed by atoms with van der Waals surface area (Å²) in [6.07, 6.45) is 4.80. The van der Waals surface area contributed by atoms with Crippen LogP contribution in [-0.4, -0.2) is 16.3 Å². The van der Waals surface area contributed by atoms with Gasteiger partial charge in [-0.1, -0.05) is 38.1 Å². The highest BCUT2D eigenvalue weighted by atomic mass is 16.5. The minimum atomic E-state index is 0.583. The zero-order valence-corrected chi connectivity index (χ0v) is 12.3. The van der Waals surface area contributed by atoms with Gasteiger partial charge in [0.1, 0.15) is 6.61 Å². The lowest BCUT2D eigenvalue weighted by atomic mass is 10.1. The van der Waals surface area contributed by atoms with E-state index in [9.17, 15) is 0 Å². The lowest BCUT2D eigenvalue weighted by Gasteiger charge is -2.06. The summed E-state index contributed by atoms with van der Waals surface area (Å²) in [6.45, 7) is 7.67. The van der Waals surface area contributed by atoms with E-state index in [4.69, 9.17) is 4.74 Å². The fourth-order valence-corrected chi connectivity index (χ4v) is 1.96. The fraction of sp³-hybridized carbons (Fsp3) is 0.438. The molecule has 0 spiro atoms. The highest BCUT2D eigenvalue weighted by Gasteiger charge is 2.00. The van der Waals surface area contributed by atoms with E-state index in [2.05, 4.69) is 48.5 Å². The van der Waals surface area contributed by atoms with Crippen molar-refractivity contribution < 1.29 is 4.74 Å². The van der Waals surface area contributed by atoms with Crippen LogP contribution >= 0.6 is 0 Å². The van der Waals surface area contributed by atoms with Crippen molar-refractivity contribution in [2.75, 3.05) is 6.54 Å². The van der Waals surface area contributed by atoms with Gasteiger partial charge in [-0.2, -0.15) is 5.10 Å². The highest BCUT2D eigenvalue weighted by molar-refractivity contribution is 5.23. The van der Waals surface area contributed by atoms with Gasteiger partial charge in [-0.3, -0.25) is 4.68 Å². The first-order valence-electron chi connectivity index (χ1n) is 7.25. The third-order valence-corrected chi connectivity index (χ3v) is 3.07. The van der Waals surface area contributed by atoms with Crippen LogP contribution in [0.15, 0.2) is 36.7 Å². The normalized spacial score (nSPS) is 10.7. The molecule has 0 atom stereocenters. The van der Waals surface area contributed by atoms with Crippen LogP contribution in [0.25, 0.3) is 0 Å². The van der Waals surface area contributed by atoms with Gasteiger partial charge >= 0.3 is 0 Å². The van der Waals surface area contributed by atoms with E-state index in [-0.39, 0.29) is 0 Å². The van der Waals surface area contributed by atoms with Crippen molar-refractivity contribution in [1.82, 2.24) is 15.1 Å². The van der Waals surface area contributed by atoms with Crippen LogP contribution in [0.1, 0.15) is 31.4 Å². The first kappa shape index (κ1) is 14.6. The number of hydrogen-bond donors (Lipinski definition) is 1. The van der Waals surface area contributed by atoms with E-state index >= 15 is 0 Å². The second kappa shape index (κ2) is 7.70. The Morgan fingerprint density at radius 1 is 1.15 bits per heavy atom. The molecule has 0 amide bonds. The molecule has 0 radical (unpaired) electrons. The van der Waals surface area contributed by atoms with E-state index in [1.165, 1.54) is 11.1 Å². The molecule has 0 saturated carbocycles. The molecule has 0 aliphatic heterocycles. The van der Waals surface area contributed by atoms with Crippen LogP contribution in [0.4, 0.5) is 0 Å². The van der Waals surface area contributed by atoms with Crippen molar-refractivity contribution in [2.24, 2.45) is 0 Å². The van der Waals surface area contributed by atoms with Crippen LogP contribution < -0.4 is 10.1 Å². The Kier molecular flexibility index (Phi) is 5.62. The van der Waals surface area contributed by atoms with Crippen molar-refractivity contribution in [3.05, 3.63) is 47.8 Å². The lowest BCUT2D eigenvalue weighted by Crippen LogP contribution is -2.11. The van der Waals surface area contributed by atoms with Gasteiger partial charge in [-0.05, 0) is 24.1 Å². The average molecular weight is 273 g/mol. The molecule has 20 heavy (non-hydrogen) atoms. The summed E-state index contributed by atoms with van der Waals surface area (Å²) >= 11 is 0. The van der Waals surface area contributed by atoms with E-state index in [0.29, 0.717) is 6.61 Å². The lowest BCUT2D eigenvalue weighted by molar-refractivity contribution is 0.305. The standard InChI is InChI=1S/C16H23N3O/c1-3-9-19-12-16(11-18-19)20-13-15-7-5-14(6-8-15)10-17-4-2/h5-8,11-12,17H,3-4,9-10,13H2,1-2H3. The maximum Gasteiger partial charge on any atom is 0.157 e. The van der Waals surface area contributed by atoms with E-state index < -0.39 is 0 Å². The zero-order valence-electron chi connectivity index (χ0n) is 12.3. The summed E-state index contributed by atoms with van der Waals surface area (Å²) in [4.78, 5) is 0. The van der Waals surface area contributed by atoms with Crippen LogP contribution in [0.5, 0.6) is 5.75 Å². The van der Waals surface area contributed by atoms with E-state index in [1.807, 2.05) is 10.9 Å². The Hall–Kier alpha value is -1.81. The molecule has 4 heteroatoms. The summed E-state index contributed by atoms with van der Waals surface area (Å²) in [7, 11) is 0. The first-order valence-corrected chi connectivity index (χ1v) is 7.25. The molecule has 0 bridgehead atoms.